The van der Waals surface area contributed by atoms with Gasteiger partial charge < -0.3 is 14.5 Å². The number of halogens is 1. The Morgan fingerprint density at radius 3 is 2.65 bits per heavy atom. The SMILES string of the molecule is O=C(N1CCOCC1)N1C[C@@H](CF)[C@H](c2nc(C3CCCCC3)n[nH]2)C1. The van der Waals surface area contributed by atoms with Crippen molar-refractivity contribution in [2.24, 2.45) is 5.92 Å². The summed E-state index contributed by atoms with van der Waals surface area (Å²) < 4.78 is 19.0. The Balaban J connectivity index is 1.44. The summed E-state index contributed by atoms with van der Waals surface area (Å²) in [5, 5.41) is 7.47. The molecule has 1 aromatic heterocycles. The molecule has 26 heavy (non-hydrogen) atoms. The topological polar surface area (TPSA) is 74.3 Å². The number of H-pyrrole nitrogens is 1. The first-order valence-corrected chi connectivity index (χ1v) is 9.86. The van der Waals surface area contributed by atoms with Gasteiger partial charge in [0.1, 0.15) is 5.82 Å². The molecular formula is C18H28FN5O2. The van der Waals surface area contributed by atoms with E-state index in [1.807, 2.05) is 0 Å². The molecule has 2 atom stereocenters. The van der Waals surface area contributed by atoms with E-state index in [4.69, 9.17) is 9.72 Å². The molecule has 144 valence electrons. The number of alkyl halides is 1. The Kier molecular flexibility index (Phi) is 5.38. The van der Waals surface area contributed by atoms with Crippen molar-refractivity contribution in [3.8, 4) is 0 Å². The first-order chi connectivity index (χ1) is 12.8. The van der Waals surface area contributed by atoms with Crippen LogP contribution in [0.25, 0.3) is 0 Å². The maximum absolute atomic E-state index is 13.6. The summed E-state index contributed by atoms with van der Waals surface area (Å²) in [6.07, 6.45) is 6.02. The fourth-order valence-corrected chi connectivity index (χ4v) is 4.45. The lowest BCUT2D eigenvalue weighted by Crippen LogP contribution is -2.47. The van der Waals surface area contributed by atoms with Crippen LogP contribution in [0.4, 0.5) is 9.18 Å². The number of hydrogen-bond acceptors (Lipinski definition) is 4. The molecule has 2 aliphatic heterocycles. The molecule has 3 aliphatic rings. The first kappa shape index (κ1) is 17.7. The minimum Gasteiger partial charge on any atom is -0.378 e. The molecule has 0 radical (unpaired) electrons. The Labute approximate surface area is 153 Å². The van der Waals surface area contributed by atoms with Gasteiger partial charge in [0.15, 0.2) is 5.82 Å². The first-order valence-electron chi connectivity index (χ1n) is 9.86. The second kappa shape index (κ2) is 7.90. The van der Waals surface area contributed by atoms with Crippen LogP contribution in [-0.2, 0) is 4.74 Å². The third-order valence-corrected chi connectivity index (χ3v) is 6.03. The number of carbonyl (C=O) groups excluding carboxylic acids is 1. The van der Waals surface area contributed by atoms with Crippen molar-refractivity contribution in [3.63, 3.8) is 0 Å². The van der Waals surface area contributed by atoms with Crippen molar-refractivity contribution < 1.29 is 13.9 Å². The van der Waals surface area contributed by atoms with Crippen LogP contribution in [0.2, 0.25) is 0 Å². The number of nitrogens with one attached hydrogen (secondary N) is 1. The molecule has 1 aromatic rings. The number of aromatic nitrogens is 3. The average molecular weight is 365 g/mol. The van der Waals surface area contributed by atoms with Crippen LogP contribution < -0.4 is 0 Å². The lowest BCUT2D eigenvalue weighted by Gasteiger charge is -2.31. The minimum atomic E-state index is -0.447. The number of rotatable bonds is 3. The van der Waals surface area contributed by atoms with Gasteiger partial charge in [-0.1, -0.05) is 19.3 Å². The summed E-state index contributed by atoms with van der Waals surface area (Å²) in [4.78, 5) is 21.0. The van der Waals surface area contributed by atoms with Crippen LogP contribution in [0, 0.1) is 5.92 Å². The van der Waals surface area contributed by atoms with Crippen molar-refractivity contribution in [2.45, 2.75) is 43.9 Å². The molecular weight excluding hydrogens is 337 g/mol. The van der Waals surface area contributed by atoms with Gasteiger partial charge in [0.2, 0.25) is 0 Å². The van der Waals surface area contributed by atoms with Gasteiger partial charge >= 0.3 is 6.03 Å². The van der Waals surface area contributed by atoms with Crippen molar-refractivity contribution in [1.29, 1.82) is 0 Å². The Morgan fingerprint density at radius 1 is 1.15 bits per heavy atom. The third-order valence-electron chi connectivity index (χ3n) is 6.03. The molecule has 2 amide bonds. The third kappa shape index (κ3) is 3.56. The van der Waals surface area contributed by atoms with E-state index in [0.717, 1.165) is 24.5 Å². The molecule has 1 aliphatic carbocycles. The molecule has 0 aromatic carbocycles. The molecule has 1 saturated carbocycles. The van der Waals surface area contributed by atoms with E-state index in [1.165, 1.54) is 19.3 Å². The Morgan fingerprint density at radius 2 is 1.92 bits per heavy atom. The van der Waals surface area contributed by atoms with Crippen molar-refractivity contribution >= 4 is 6.03 Å². The predicted molar refractivity (Wildman–Crippen MR) is 93.8 cm³/mol. The minimum absolute atomic E-state index is 0.0127. The summed E-state index contributed by atoms with van der Waals surface area (Å²) >= 11 is 0. The van der Waals surface area contributed by atoms with Crippen molar-refractivity contribution in [1.82, 2.24) is 25.0 Å². The van der Waals surface area contributed by atoms with Crippen LogP contribution in [0.5, 0.6) is 0 Å². The van der Waals surface area contributed by atoms with Gasteiger partial charge in [-0.05, 0) is 12.8 Å². The number of carbonyl (C=O) groups is 1. The van der Waals surface area contributed by atoms with Crippen LogP contribution >= 0.6 is 0 Å². The van der Waals surface area contributed by atoms with Crippen LogP contribution in [0.15, 0.2) is 0 Å². The molecule has 3 fully saturated rings. The molecule has 4 rings (SSSR count). The number of ether oxygens (including phenoxy) is 1. The Bertz CT molecular complexity index is 612. The van der Waals surface area contributed by atoms with Crippen LogP contribution in [-0.4, -0.2) is 77.1 Å². The Hall–Kier alpha value is -1.70. The molecule has 0 spiro atoms. The van der Waals surface area contributed by atoms with E-state index < -0.39 is 6.67 Å². The summed E-state index contributed by atoms with van der Waals surface area (Å²) in [5.41, 5.74) is 0. The van der Waals surface area contributed by atoms with E-state index in [1.54, 1.807) is 9.80 Å². The second-order valence-electron chi connectivity index (χ2n) is 7.72. The highest BCUT2D eigenvalue weighted by atomic mass is 19.1. The van der Waals surface area contributed by atoms with E-state index in [0.29, 0.717) is 45.3 Å². The number of aromatic amines is 1. The number of urea groups is 1. The number of hydrogen-bond donors (Lipinski definition) is 1. The number of nitrogens with zero attached hydrogens (tertiary/aromatic N) is 4. The van der Waals surface area contributed by atoms with Gasteiger partial charge in [-0.2, -0.15) is 5.10 Å². The molecule has 2 saturated heterocycles. The second-order valence-corrected chi connectivity index (χ2v) is 7.72. The lowest BCUT2D eigenvalue weighted by atomic mass is 9.89. The quantitative estimate of drug-likeness (QED) is 0.892. The van der Waals surface area contributed by atoms with Gasteiger partial charge in [-0.25, -0.2) is 9.78 Å². The fraction of sp³-hybridized carbons (Fsp3) is 0.833. The number of morpholine rings is 1. The van der Waals surface area contributed by atoms with E-state index in [2.05, 4.69) is 10.2 Å². The maximum Gasteiger partial charge on any atom is 0.320 e. The van der Waals surface area contributed by atoms with Gasteiger partial charge in [0.05, 0.1) is 19.9 Å². The standard InChI is InChI=1S/C18H28FN5O2/c19-10-14-11-24(18(25)23-6-8-26-9-7-23)12-15(14)17-20-16(21-22-17)13-4-2-1-3-5-13/h13-15H,1-12H2,(H,20,21,22)/t14-,15-/m1/s1. The number of amides is 2. The predicted octanol–water partition coefficient (Wildman–Crippen LogP) is 2.29. The van der Waals surface area contributed by atoms with Crippen molar-refractivity contribution in [3.05, 3.63) is 11.6 Å². The highest BCUT2D eigenvalue weighted by Crippen LogP contribution is 2.34. The smallest absolute Gasteiger partial charge is 0.320 e. The van der Waals surface area contributed by atoms with Crippen LogP contribution in [0.3, 0.4) is 0 Å². The number of likely N-dealkylation sites (tertiary alicyclic amines) is 1. The molecule has 0 bridgehead atoms. The fourth-order valence-electron chi connectivity index (χ4n) is 4.45. The molecule has 1 N–H and O–H groups in total. The van der Waals surface area contributed by atoms with E-state index in [9.17, 15) is 9.18 Å². The summed E-state index contributed by atoms with van der Waals surface area (Å²) in [7, 11) is 0. The normalized spacial score (nSPS) is 27.9. The maximum atomic E-state index is 13.6. The van der Waals surface area contributed by atoms with Gasteiger partial charge in [-0.3, -0.25) is 9.49 Å². The van der Waals surface area contributed by atoms with Crippen LogP contribution in [0.1, 0.15) is 55.6 Å². The monoisotopic (exact) mass is 365 g/mol. The average Bonchev–Trinajstić information content (AvgIpc) is 3.35. The molecule has 0 unspecified atom stereocenters. The van der Waals surface area contributed by atoms with E-state index >= 15 is 0 Å². The highest BCUT2D eigenvalue weighted by Gasteiger charge is 2.40. The lowest BCUT2D eigenvalue weighted by molar-refractivity contribution is 0.0447. The van der Waals surface area contributed by atoms with Gasteiger partial charge in [0.25, 0.3) is 0 Å². The van der Waals surface area contributed by atoms with Gasteiger partial charge in [0, 0.05) is 43.9 Å². The highest BCUT2D eigenvalue weighted by molar-refractivity contribution is 5.75. The zero-order chi connectivity index (χ0) is 17.9. The zero-order valence-corrected chi connectivity index (χ0v) is 15.2. The molecule has 7 nitrogen and oxygen atoms in total. The summed E-state index contributed by atoms with van der Waals surface area (Å²) in [6.45, 7) is 2.85. The summed E-state index contributed by atoms with van der Waals surface area (Å²) in [6, 6.07) is -0.0127. The van der Waals surface area contributed by atoms with Crippen molar-refractivity contribution in [2.75, 3.05) is 46.1 Å². The van der Waals surface area contributed by atoms with Gasteiger partial charge in [-0.15, -0.1) is 0 Å². The zero-order valence-electron chi connectivity index (χ0n) is 15.2. The van der Waals surface area contributed by atoms with E-state index in [-0.39, 0.29) is 17.9 Å². The molecule has 8 heteroatoms. The summed E-state index contributed by atoms with van der Waals surface area (Å²) in [5.74, 6) is 1.72. The molecule has 3 heterocycles. The largest absolute Gasteiger partial charge is 0.378 e.